The molecule has 1 atom stereocenters. The highest BCUT2D eigenvalue weighted by Gasteiger charge is 2.21. The molecule has 2 rings (SSSR count). The van der Waals surface area contributed by atoms with Gasteiger partial charge in [-0.2, -0.15) is 5.10 Å². The van der Waals surface area contributed by atoms with Crippen molar-refractivity contribution in [1.29, 1.82) is 0 Å². The van der Waals surface area contributed by atoms with Crippen molar-refractivity contribution in [3.63, 3.8) is 0 Å². The molecule has 0 saturated carbocycles. The minimum atomic E-state index is 0.102. The summed E-state index contributed by atoms with van der Waals surface area (Å²) < 4.78 is 1.92. The molecule has 96 valence electrons. The van der Waals surface area contributed by atoms with Crippen LogP contribution in [0.4, 0.5) is 0 Å². The highest BCUT2D eigenvalue weighted by atomic mass is 15.3. The van der Waals surface area contributed by atoms with Gasteiger partial charge < -0.3 is 5.32 Å². The Morgan fingerprint density at radius 2 is 1.94 bits per heavy atom. The molecule has 0 bridgehead atoms. The van der Waals surface area contributed by atoms with Crippen molar-refractivity contribution in [1.82, 2.24) is 25.1 Å². The van der Waals surface area contributed by atoms with Crippen molar-refractivity contribution in [2.24, 2.45) is 7.05 Å². The summed E-state index contributed by atoms with van der Waals surface area (Å²) in [6, 6.07) is 0.102. The third-order valence-electron chi connectivity index (χ3n) is 3.18. The van der Waals surface area contributed by atoms with E-state index in [1.807, 2.05) is 31.0 Å². The summed E-state index contributed by atoms with van der Waals surface area (Å²) in [5, 5.41) is 7.95. The van der Waals surface area contributed by atoms with Crippen LogP contribution in [0.25, 0.3) is 0 Å². The average Bonchev–Trinajstić information content (AvgIpc) is 2.62. The smallest absolute Gasteiger partial charge is 0.115 e. The minimum Gasteiger partial charge on any atom is -0.306 e. The van der Waals surface area contributed by atoms with E-state index in [4.69, 9.17) is 0 Å². The summed E-state index contributed by atoms with van der Waals surface area (Å²) in [4.78, 5) is 8.20. The van der Waals surface area contributed by atoms with Gasteiger partial charge in [0, 0.05) is 36.3 Å². The predicted octanol–water partition coefficient (Wildman–Crippen LogP) is 1.53. The van der Waals surface area contributed by atoms with E-state index in [0.29, 0.717) is 0 Å². The van der Waals surface area contributed by atoms with Crippen LogP contribution in [0.2, 0.25) is 0 Å². The molecule has 1 N–H and O–H groups in total. The SMILES string of the molecule is CCNC(c1cncnc1)c1c(C)nn(C)c1C. The Morgan fingerprint density at radius 3 is 2.44 bits per heavy atom. The Bertz CT molecular complexity index is 518. The summed E-state index contributed by atoms with van der Waals surface area (Å²) in [5.41, 5.74) is 4.50. The third kappa shape index (κ3) is 2.26. The quantitative estimate of drug-likeness (QED) is 0.887. The molecule has 0 aliphatic carbocycles. The van der Waals surface area contributed by atoms with Crippen LogP contribution in [-0.2, 0) is 7.05 Å². The standard InChI is InChI=1S/C13H19N5/c1-5-16-13(11-6-14-8-15-7-11)12-9(2)17-18(4)10(12)3/h6-8,13,16H,5H2,1-4H3. The lowest BCUT2D eigenvalue weighted by atomic mass is 9.99. The second kappa shape index (κ2) is 5.27. The van der Waals surface area contributed by atoms with Gasteiger partial charge in [0.05, 0.1) is 11.7 Å². The number of nitrogens with zero attached hydrogens (tertiary/aromatic N) is 4. The molecule has 0 aromatic carbocycles. The normalized spacial score (nSPS) is 12.7. The van der Waals surface area contributed by atoms with E-state index in [1.165, 1.54) is 11.3 Å². The lowest BCUT2D eigenvalue weighted by molar-refractivity contribution is 0.618. The van der Waals surface area contributed by atoms with E-state index in [0.717, 1.165) is 17.8 Å². The highest BCUT2D eigenvalue weighted by molar-refractivity contribution is 5.35. The van der Waals surface area contributed by atoms with Crippen molar-refractivity contribution in [2.45, 2.75) is 26.8 Å². The van der Waals surface area contributed by atoms with Crippen LogP contribution in [0.5, 0.6) is 0 Å². The van der Waals surface area contributed by atoms with Crippen molar-refractivity contribution >= 4 is 0 Å². The topological polar surface area (TPSA) is 55.6 Å². The molecule has 0 fully saturated rings. The fourth-order valence-corrected chi connectivity index (χ4v) is 2.26. The molecule has 0 radical (unpaired) electrons. The Kier molecular flexibility index (Phi) is 3.72. The van der Waals surface area contributed by atoms with Gasteiger partial charge >= 0.3 is 0 Å². The Morgan fingerprint density at radius 1 is 1.28 bits per heavy atom. The largest absolute Gasteiger partial charge is 0.306 e. The number of nitrogens with one attached hydrogen (secondary N) is 1. The summed E-state index contributed by atoms with van der Waals surface area (Å²) in [6.45, 7) is 7.10. The van der Waals surface area contributed by atoms with E-state index in [9.17, 15) is 0 Å². The van der Waals surface area contributed by atoms with Crippen LogP contribution < -0.4 is 5.32 Å². The van der Waals surface area contributed by atoms with Crippen LogP contribution in [-0.4, -0.2) is 26.3 Å². The molecule has 2 aromatic heterocycles. The molecule has 0 spiro atoms. The fraction of sp³-hybridized carbons (Fsp3) is 0.462. The molecule has 0 aliphatic rings. The first kappa shape index (κ1) is 12.7. The van der Waals surface area contributed by atoms with Gasteiger partial charge in [-0.15, -0.1) is 0 Å². The minimum absolute atomic E-state index is 0.102. The first-order chi connectivity index (χ1) is 8.65. The molecular weight excluding hydrogens is 226 g/mol. The van der Waals surface area contributed by atoms with Gasteiger partial charge in [0.2, 0.25) is 0 Å². The van der Waals surface area contributed by atoms with Gasteiger partial charge in [-0.05, 0) is 20.4 Å². The summed E-state index contributed by atoms with van der Waals surface area (Å²) in [5.74, 6) is 0. The van der Waals surface area contributed by atoms with Crippen LogP contribution in [0, 0.1) is 13.8 Å². The molecule has 0 saturated heterocycles. The summed E-state index contributed by atoms with van der Waals surface area (Å²) in [7, 11) is 1.97. The number of aryl methyl sites for hydroxylation is 2. The van der Waals surface area contributed by atoms with Gasteiger partial charge in [0.25, 0.3) is 0 Å². The van der Waals surface area contributed by atoms with Crippen molar-refractivity contribution in [3.8, 4) is 0 Å². The molecule has 0 amide bonds. The highest BCUT2D eigenvalue weighted by Crippen LogP contribution is 2.26. The maximum absolute atomic E-state index is 4.48. The molecule has 5 nitrogen and oxygen atoms in total. The Balaban J connectivity index is 2.48. The van der Waals surface area contributed by atoms with Crippen molar-refractivity contribution in [3.05, 3.63) is 41.2 Å². The molecule has 2 aromatic rings. The van der Waals surface area contributed by atoms with Gasteiger partial charge in [-0.1, -0.05) is 6.92 Å². The maximum atomic E-state index is 4.48. The average molecular weight is 245 g/mol. The molecule has 0 aliphatic heterocycles. The number of rotatable bonds is 4. The number of hydrogen-bond donors (Lipinski definition) is 1. The van der Waals surface area contributed by atoms with E-state index in [1.54, 1.807) is 6.33 Å². The van der Waals surface area contributed by atoms with Gasteiger partial charge in [0.15, 0.2) is 0 Å². The van der Waals surface area contributed by atoms with Crippen molar-refractivity contribution in [2.75, 3.05) is 6.54 Å². The first-order valence-corrected chi connectivity index (χ1v) is 6.13. The Hall–Kier alpha value is -1.75. The zero-order chi connectivity index (χ0) is 13.1. The van der Waals surface area contributed by atoms with E-state index >= 15 is 0 Å². The fourth-order valence-electron chi connectivity index (χ4n) is 2.26. The lowest BCUT2D eigenvalue weighted by Crippen LogP contribution is -2.23. The second-order valence-electron chi connectivity index (χ2n) is 4.37. The van der Waals surface area contributed by atoms with E-state index in [2.05, 4.69) is 34.2 Å². The Labute approximate surface area is 107 Å². The van der Waals surface area contributed by atoms with E-state index in [-0.39, 0.29) is 6.04 Å². The zero-order valence-electron chi connectivity index (χ0n) is 11.3. The van der Waals surface area contributed by atoms with Gasteiger partial charge in [-0.3, -0.25) is 4.68 Å². The van der Waals surface area contributed by atoms with Crippen LogP contribution in [0.3, 0.4) is 0 Å². The number of aromatic nitrogens is 4. The van der Waals surface area contributed by atoms with Gasteiger partial charge in [0.1, 0.15) is 6.33 Å². The summed E-state index contributed by atoms with van der Waals surface area (Å²) >= 11 is 0. The zero-order valence-corrected chi connectivity index (χ0v) is 11.3. The monoisotopic (exact) mass is 245 g/mol. The molecule has 18 heavy (non-hydrogen) atoms. The third-order valence-corrected chi connectivity index (χ3v) is 3.18. The molecule has 5 heteroatoms. The maximum Gasteiger partial charge on any atom is 0.115 e. The van der Waals surface area contributed by atoms with Crippen molar-refractivity contribution < 1.29 is 0 Å². The predicted molar refractivity (Wildman–Crippen MR) is 70.2 cm³/mol. The second-order valence-corrected chi connectivity index (χ2v) is 4.37. The lowest BCUT2D eigenvalue weighted by Gasteiger charge is -2.18. The molecule has 1 unspecified atom stereocenters. The van der Waals surface area contributed by atoms with E-state index < -0.39 is 0 Å². The van der Waals surface area contributed by atoms with Crippen LogP contribution in [0.15, 0.2) is 18.7 Å². The number of hydrogen-bond acceptors (Lipinski definition) is 4. The molecular formula is C13H19N5. The van der Waals surface area contributed by atoms with Crippen LogP contribution in [0.1, 0.15) is 35.5 Å². The first-order valence-electron chi connectivity index (χ1n) is 6.13. The van der Waals surface area contributed by atoms with Crippen LogP contribution >= 0.6 is 0 Å². The molecule has 2 heterocycles. The van der Waals surface area contributed by atoms with Gasteiger partial charge in [-0.25, -0.2) is 9.97 Å². The summed E-state index contributed by atoms with van der Waals surface area (Å²) in [6.07, 6.45) is 5.26.